The number of amides is 1. The quantitative estimate of drug-likeness (QED) is 0.914. The standard InChI is InChI=1S/C15H24N4O/c1-12-15(20)18(9-4-8-16-12)11-13-7-10-19(17-13)14-5-2-3-6-14/h7,10,12,14,16H,2-6,8-9,11H2,1H3. The van der Waals surface area contributed by atoms with Crippen LogP contribution in [-0.2, 0) is 11.3 Å². The predicted octanol–water partition coefficient (Wildman–Crippen LogP) is 1.71. The van der Waals surface area contributed by atoms with Gasteiger partial charge < -0.3 is 10.2 Å². The fourth-order valence-corrected chi connectivity index (χ4v) is 3.25. The minimum atomic E-state index is -0.0746. The topological polar surface area (TPSA) is 50.2 Å². The average molecular weight is 276 g/mol. The SMILES string of the molecule is CC1NCCCN(Cc2ccn(C3CCCC3)n2)C1=O. The van der Waals surface area contributed by atoms with Crippen LogP contribution in [0.2, 0.25) is 0 Å². The van der Waals surface area contributed by atoms with Crippen molar-refractivity contribution in [3.8, 4) is 0 Å². The maximum Gasteiger partial charge on any atom is 0.239 e. The third-order valence-electron chi connectivity index (χ3n) is 4.45. The summed E-state index contributed by atoms with van der Waals surface area (Å²) in [5.74, 6) is 0.193. The molecular formula is C15H24N4O. The molecule has 1 amide bonds. The molecule has 1 unspecified atom stereocenters. The third-order valence-corrected chi connectivity index (χ3v) is 4.45. The Morgan fingerprint density at radius 2 is 2.15 bits per heavy atom. The molecule has 2 aliphatic rings. The number of carbonyl (C=O) groups excluding carboxylic acids is 1. The summed E-state index contributed by atoms with van der Waals surface area (Å²) in [6.07, 6.45) is 8.20. The molecule has 0 radical (unpaired) electrons. The van der Waals surface area contributed by atoms with Gasteiger partial charge in [-0.25, -0.2) is 0 Å². The predicted molar refractivity (Wildman–Crippen MR) is 77.2 cm³/mol. The van der Waals surface area contributed by atoms with Crippen molar-refractivity contribution in [2.45, 2.75) is 57.7 Å². The van der Waals surface area contributed by atoms with E-state index in [1.807, 2.05) is 11.8 Å². The molecule has 1 N–H and O–H groups in total. The molecule has 2 fully saturated rings. The van der Waals surface area contributed by atoms with Gasteiger partial charge in [0.25, 0.3) is 0 Å². The van der Waals surface area contributed by atoms with Gasteiger partial charge in [-0.1, -0.05) is 12.8 Å². The van der Waals surface area contributed by atoms with Crippen LogP contribution in [-0.4, -0.2) is 39.7 Å². The number of nitrogens with zero attached hydrogens (tertiary/aromatic N) is 3. The van der Waals surface area contributed by atoms with Crippen LogP contribution in [0.15, 0.2) is 12.3 Å². The van der Waals surface area contributed by atoms with Gasteiger partial charge in [0.05, 0.1) is 24.3 Å². The first-order valence-electron chi connectivity index (χ1n) is 7.80. The zero-order valence-electron chi connectivity index (χ0n) is 12.2. The number of nitrogens with one attached hydrogen (secondary N) is 1. The summed E-state index contributed by atoms with van der Waals surface area (Å²) in [7, 11) is 0. The first-order valence-corrected chi connectivity index (χ1v) is 7.80. The molecule has 1 saturated heterocycles. The molecule has 0 aromatic carbocycles. The van der Waals surface area contributed by atoms with Crippen molar-refractivity contribution < 1.29 is 4.79 Å². The third kappa shape index (κ3) is 2.87. The molecule has 20 heavy (non-hydrogen) atoms. The highest BCUT2D eigenvalue weighted by molar-refractivity contribution is 5.81. The van der Waals surface area contributed by atoms with Crippen LogP contribution in [0.4, 0.5) is 0 Å². The Bertz CT molecular complexity index is 464. The van der Waals surface area contributed by atoms with Gasteiger partial charge in [0, 0.05) is 12.7 Å². The van der Waals surface area contributed by atoms with Gasteiger partial charge in [-0.05, 0) is 38.8 Å². The molecule has 0 bridgehead atoms. The summed E-state index contributed by atoms with van der Waals surface area (Å²) in [4.78, 5) is 14.2. The Labute approximate surface area is 120 Å². The molecule has 1 atom stereocenters. The van der Waals surface area contributed by atoms with E-state index in [2.05, 4.69) is 27.4 Å². The van der Waals surface area contributed by atoms with E-state index in [9.17, 15) is 4.79 Å². The molecule has 1 aromatic heterocycles. The van der Waals surface area contributed by atoms with E-state index < -0.39 is 0 Å². The van der Waals surface area contributed by atoms with Gasteiger partial charge in [0.2, 0.25) is 5.91 Å². The Morgan fingerprint density at radius 1 is 1.35 bits per heavy atom. The van der Waals surface area contributed by atoms with Gasteiger partial charge in [0.1, 0.15) is 0 Å². The maximum absolute atomic E-state index is 12.2. The molecule has 110 valence electrons. The zero-order valence-corrected chi connectivity index (χ0v) is 12.2. The van der Waals surface area contributed by atoms with Gasteiger partial charge in [-0.3, -0.25) is 9.48 Å². The molecule has 2 heterocycles. The summed E-state index contributed by atoms with van der Waals surface area (Å²) >= 11 is 0. The van der Waals surface area contributed by atoms with Crippen LogP contribution in [0.1, 0.15) is 50.8 Å². The summed E-state index contributed by atoms with van der Waals surface area (Å²) in [5, 5.41) is 7.92. The van der Waals surface area contributed by atoms with Gasteiger partial charge >= 0.3 is 0 Å². The highest BCUT2D eigenvalue weighted by atomic mass is 16.2. The summed E-state index contributed by atoms with van der Waals surface area (Å²) in [6.45, 7) is 4.33. The maximum atomic E-state index is 12.2. The van der Waals surface area contributed by atoms with Crippen molar-refractivity contribution in [3.63, 3.8) is 0 Å². The first-order chi connectivity index (χ1) is 9.74. The molecule has 1 saturated carbocycles. The second-order valence-electron chi connectivity index (χ2n) is 6.01. The molecule has 5 nitrogen and oxygen atoms in total. The Hall–Kier alpha value is -1.36. The molecule has 3 rings (SSSR count). The Kier molecular flexibility index (Phi) is 4.05. The summed E-state index contributed by atoms with van der Waals surface area (Å²) in [6, 6.07) is 2.56. The van der Waals surface area contributed by atoms with Crippen molar-refractivity contribution in [2.75, 3.05) is 13.1 Å². The van der Waals surface area contributed by atoms with Gasteiger partial charge in [-0.15, -0.1) is 0 Å². The number of carbonyl (C=O) groups is 1. The largest absolute Gasteiger partial charge is 0.335 e. The molecule has 1 aromatic rings. The smallest absolute Gasteiger partial charge is 0.239 e. The van der Waals surface area contributed by atoms with Crippen LogP contribution in [0.3, 0.4) is 0 Å². The van der Waals surface area contributed by atoms with E-state index >= 15 is 0 Å². The van der Waals surface area contributed by atoms with Crippen molar-refractivity contribution in [2.24, 2.45) is 0 Å². The average Bonchev–Trinajstić information content (AvgIpc) is 3.08. The second-order valence-corrected chi connectivity index (χ2v) is 6.01. The number of hydrogen-bond acceptors (Lipinski definition) is 3. The van der Waals surface area contributed by atoms with E-state index in [4.69, 9.17) is 0 Å². The monoisotopic (exact) mass is 276 g/mol. The molecule has 1 aliphatic carbocycles. The lowest BCUT2D eigenvalue weighted by atomic mass is 10.3. The minimum absolute atomic E-state index is 0.0746. The lowest BCUT2D eigenvalue weighted by Gasteiger charge is -2.21. The summed E-state index contributed by atoms with van der Waals surface area (Å²) in [5.41, 5.74) is 1.01. The van der Waals surface area contributed by atoms with E-state index in [1.54, 1.807) is 0 Å². The lowest BCUT2D eigenvalue weighted by molar-refractivity contribution is -0.132. The van der Waals surface area contributed by atoms with Gasteiger partial charge in [0.15, 0.2) is 0 Å². The van der Waals surface area contributed by atoms with Crippen molar-refractivity contribution in [1.29, 1.82) is 0 Å². The van der Waals surface area contributed by atoms with Crippen LogP contribution in [0.25, 0.3) is 0 Å². The fraction of sp³-hybridized carbons (Fsp3) is 0.733. The lowest BCUT2D eigenvalue weighted by Crippen LogP contribution is -2.41. The van der Waals surface area contributed by atoms with Crippen LogP contribution < -0.4 is 5.32 Å². The molecular weight excluding hydrogens is 252 g/mol. The van der Waals surface area contributed by atoms with E-state index in [0.29, 0.717) is 12.6 Å². The van der Waals surface area contributed by atoms with Crippen molar-refractivity contribution in [1.82, 2.24) is 20.0 Å². The van der Waals surface area contributed by atoms with E-state index in [1.165, 1.54) is 25.7 Å². The zero-order chi connectivity index (χ0) is 13.9. The number of rotatable bonds is 3. The fourth-order valence-electron chi connectivity index (χ4n) is 3.25. The number of hydrogen-bond donors (Lipinski definition) is 1. The second kappa shape index (κ2) is 5.95. The normalized spacial score (nSPS) is 25.1. The number of aromatic nitrogens is 2. The molecule has 0 spiro atoms. The Morgan fingerprint density at radius 3 is 2.95 bits per heavy atom. The highest BCUT2D eigenvalue weighted by Crippen LogP contribution is 2.28. The van der Waals surface area contributed by atoms with Crippen molar-refractivity contribution >= 4 is 5.91 Å². The van der Waals surface area contributed by atoms with Crippen molar-refractivity contribution in [3.05, 3.63) is 18.0 Å². The Balaban J connectivity index is 1.66. The van der Waals surface area contributed by atoms with E-state index in [-0.39, 0.29) is 11.9 Å². The highest BCUT2D eigenvalue weighted by Gasteiger charge is 2.24. The van der Waals surface area contributed by atoms with Crippen LogP contribution >= 0.6 is 0 Å². The van der Waals surface area contributed by atoms with E-state index in [0.717, 1.165) is 25.2 Å². The molecule has 1 aliphatic heterocycles. The molecule has 5 heteroatoms. The van der Waals surface area contributed by atoms with Crippen LogP contribution in [0.5, 0.6) is 0 Å². The first kappa shape index (κ1) is 13.6. The summed E-state index contributed by atoms with van der Waals surface area (Å²) < 4.78 is 2.10. The minimum Gasteiger partial charge on any atom is -0.335 e. The van der Waals surface area contributed by atoms with Crippen LogP contribution in [0, 0.1) is 0 Å². The van der Waals surface area contributed by atoms with Gasteiger partial charge in [-0.2, -0.15) is 5.10 Å².